The fourth-order valence-electron chi connectivity index (χ4n) is 2.03. The highest BCUT2D eigenvalue weighted by molar-refractivity contribution is 5.96. The van der Waals surface area contributed by atoms with Gasteiger partial charge < -0.3 is 5.32 Å². The predicted molar refractivity (Wildman–Crippen MR) is 78.8 cm³/mol. The molecule has 0 saturated carbocycles. The molecule has 0 aliphatic rings. The fraction of sp³-hybridized carbons (Fsp3) is 0.400. The third-order valence-electron chi connectivity index (χ3n) is 3.22. The highest BCUT2D eigenvalue weighted by atomic mass is 16.2. The van der Waals surface area contributed by atoms with Gasteiger partial charge in [-0.15, -0.1) is 0 Å². The standard InChI is InChI=1S/C15H19N3O2/c1-10(2)6-8-17-14(19)12-9-11-5-4-7-16-13(11)18(3)15(12)20/h4-5,7,9-10H,6,8H2,1-3H3,(H,17,19). The second-order valence-corrected chi connectivity index (χ2v) is 5.28. The number of rotatable bonds is 4. The summed E-state index contributed by atoms with van der Waals surface area (Å²) in [6.07, 6.45) is 2.52. The van der Waals surface area contributed by atoms with Crippen LogP contribution in [0.15, 0.2) is 29.2 Å². The first-order valence-electron chi connectivity index (χ1n) is 6.73. The van der Waals surface area contributed by atoms with Gasteiger partial charge in [-0.3, -0.25) is 14.2 Å². The van der Waals surface area contributed by atoms with Gasteiger partial charge in [0.05, 0.1) is 0 Å². The van der Waals surface area contributed by atoms with E-state index in [1.807, 2.05) is 6.07 Å². The molecule has 2 heterocycles. The number of carbonyl (C=O) groups excluding carboxylic acids is 1. The Kier molecular flexibility index (Phi) is 4.17. The number of nitrogens with one attached hydrogen (secondary N) is 1. The molecule has 0 radical (unpaired) electrons. The van der Waals surface area contributed by atoms with Gasteiger partial charge in [0, 0.05) is 25.2 Å². The van der Waals surface area contributed by atoms with E-state index in [2.05, 4.69) is 24.1 Å². The van der Waals surface area contributed by atoms with Crippen LogP contribution in [0.4, 0.5) is 0 Å². The smallest absolute Gasteiger partial charge is 0.264 e. The van der Waals surface area contributed by atoms with Crippen molar-refractivity contribution in [2.24, 2.45) is 13.0 Å². The summed E-state index contributed by atoms with van der Waals surface area (Å²) < 4.78 is 1.41. The summed E-state index contributed by atoms with van der Waals surface area (Å²) in [6, 6.07) is 5.23. The zero-order valence-electron chi connectivity index (χ0n) is 12.0. The molecule has 5 heteroatoms. The first kappa shape index (κ1) is 14.2. The normalized spacial score (nSPS) is 11.0. The lowest BCUT2D eigenvalue weighted by Crippen LogP contribution is -2.33. The van der Waals surface area contributed by atoms with Crippen molar-refractivity contribution in [3.05, 3.63) is 40.3 Å². The quantitative estimate of drug-likeness (QED) is 0.922. The van der Waals surface area contributed by atoms with Crippen molar-refractivity contribution in [1.29, 1.82) is 0 Å². The average Bonchev–Trinajstić information content (AvgIpc) is 2.42. The van der Waals surface area contributed by atoms with Gasteiger partial charge in [-0.2, -0.15) is 0 Å². The van der Waals surface area contributed by atoms with Crippen molar-refractivity contribution in [2.75, 3.05) is 6.54 Å². The van der Waals surface area contributed by atoms with E-state index in [1.165, 1.54) is 4.57 Å². The molecule has 0 fully saturated rings. The van der Waals surface area contributed by atoms with Crippen LogP contribution in [0.1, 0.15) is 30.6 Å². The molecule has 2 aromatic heterocycles. The Hall–Kier alpha value is -2.17. The van der Waals surface area contributed by atoms with Crippen molar-refractivity contribution in [2.45, 2.75) is 20.3 Å². The van der Waals surface area contributed by atoms with Crippen LogP contribution < -0.4 is 10.9 Å². The average molecular weight is 273 g/mol. The SMILES string of the molecule is CC(C)CCNC(=O)c1cc2cccnc2n(C)c1=O. The summed E-state index contributed by atoms with van der Waals surface area (Å²) >= 11 is 0. The van der Waals surface area contributed by atoms with Crippen LogP contribution in [0.5, 0.6) is 0 Å². The Balaban J connectivity index is 2.32. The number of pyridine rings is 2. The maximum atomic E-state index is 12.2. The van der Waals surface area contributed by atoms with Crippen molar-refractivity contribution in [3.63, 3.8) is 0 Å². The number of nitrogens with zero attached hydrogens (tertiary/aromatic N) is 2. The molecule has 0 aliphatic heterocycles. The molecule has 2 aromatic rings. The summed E-state index contributed by atoms with van der Waals surface area (Å²) in [7, 11) is 1.63. The number of aryl methyl sites for hydroxylation is 1. The van der Waals surface area contributed by atoms with Gasteiger partial charge in [0.2, 0.25) is 0 Å². The van der Waals surface area contributed by atoms with Crippen LogP contribution in [0, 0.1) is 5.92 Å². The number of aromatic nitrogens is 2. The lowest BCUT2D eigenvalue weighted by molar-refractivity contribution is 0.0950. The second-order valence-electron chi connectivity index (χ2n) is 5.28. The monoisotopic (exact) mass is 273 g/mol. The summed E-state index contributed by atoms with van der Waals surface area (Å²) in [4.78, 5) is 28.4. The van der Waals surface area contributed by atoms with Crippen LogP contribution in [-0.4, -0.2) is 22.0 Å². The molecule has 0 spiro atoms. The fourth-order valence-corrected chi connectivity index (χ4v) is 2.03. The molecule has 0 atom stereocenters. The zero-order valence-corrected chi connectivity index (χ0v) is 12.0. The van der Waals surface area contributed by atoms with Crippen molar-refractivity contribution < 1.29 is 4.79 Å². The number of amides is 1. The van der Waals surface area contributed by atoms with Crippen LogP contribution in [0.25, 0.3) is 11.0 Å². The van der Waals surface area contributed by atoms with E-state index in [-0.39, 0.29) is 17.0 Å². The Bertz CT molecular complexity index is 689. The van der Waals surface area contributed by atoms with Gasteiger partial charge in [0.1, 0.15) is 11.2 Å². The van der Waals surface area contributed by atoms with Gasteiger partial charge in [0.15, 0.2) is 0 Å². The predicted octanol–water partition coefficient (Wildman–Crippen LogP) is 1.71. The van der Waals surface area contributed by atoms with Crippen molar-refractivity contribution in [3.8, 4) is 0 Å². The first-order chi connectivity index (χ1) is 9.50. The van der Waals surface area contributed by atoms with Crippen LogP contribution >= 0.6 is 0 Å². The number of hydrogen-bond acceptors (Lipinski definition) is 3. The molecule has 106 valence electrons. The maximum Gasteiger partial charge on any atom is 0.264 e. The Morgan fingerprint density at radius 3 is 2.90 bits per heavy atom. The lowest BCUT2D eigenvalue weighted by Gasteiger charge is -2.09. The molecule has 0 unspecified atom stereocenters. The number of hydrogen-bond donors (Lipinski definition) is 1. The number of carbonyl (C=O) groups is 1. The summed E-state index contributed by atoms with van der Waals surface area (Å²) in [5, 5.41) is 3.57. The second kappa shape index (κ2) is 5.86. The molecule has 20 heavy (non-hydrogen) atoms. The third kappa shape index (κ3) is 2.87. The highest BCUT2D eigenvalue weighted by Crippen LogP contribution is 2.09. The molecule has 2 rings (SSSR count). The molecular weight excluding hydrogens is 254 g/mol. The summed E-state index contributed by atoms with van der Waals surface area (Å²) in [5.74, 6) is 0.191. The Labute approximate surface area is 117 Å². The Morgan fingerprint density at radius 1 is 1.45 bits per heavy atom. The molecule has 0 saturated heterocycles. The van der Waals surface area contributed by atoms with E-state index in [4.69, 9.17) is 0 Å². The first-order valence-corrected chi connectivity index (χ1v) is 6.73. The van der Waals surface area contributed by atoms with Gasteiger partial charge in [-0.25, -0.2) is 4.98 Å². The molecular formula is C15H19N3O2. The molecule has 0 aliphatic carbocycles. The number of fused-ring (bicyclic) bond motifs is 1. The molecule has 0 bridgehead atoms. The van der Waals surface area contributed by atoms with E-state index in [0.29, 0.717) is 18.1 Å². The minimum Gasteiger partial charge on any atom is -0.352 e. The molecule has 0 aromatic carbocycles. The zero-order chi connectivity index (χ0) is 14.7. The van der Waals surface area contributed by atoms with E-state index < -0.39 is 0 Å². The lowest BCUT2D eigenvalue weighted by atomic mass is 10.1. The largest absolute Gasteiger partial charge is 0.352 e. The minimum atomic E-state index is -0.322. The highest BCUT2D eigenvalue weighted by Gasteiger charge is 2.14. The Morgan fingerprint density at radius 2 is 2.20 bits per heavy atom. The van der Waals surface area contributed by atoms with Gasteiger partial charge >= 0.3 is 0 Å². The minimum absolute atomic E-state index is 0.164. The van der Waals surface area contributed by atoms with Crippen molar-refractivity contribution >= 4 is 16.9 Å². The van der Waals surface area contributed by atoms with Gasteiger partial charge in [-0.05, 0) is 30.5 Å². The maximum absolute atomic E-state index is 12.2. The molecule has 1 amide bonds. The van der Waals surface area contributed by atoms with Crippen LogP contribution in [-0.2, 0) is 7.05 Å². The molecule has 1 N–H and O–H groups in total. The van der Waals surface area contributed by atoms with Crippen molar-refractivity contribution in [1.82, 2.24) is 14.9 Å². The van der Waals surface area contributed by atoms with E-state index in [9.17, 15) is 9.59 Å². The third-order valence-corrected chi connectivity index (χ3v) is 3.22. The molecule has 5 nitrogen and oxygen atoms in total. The van der Waals surface area contributed by atoms with Crippen LogP contribution in [0.3, 0.4) is 0 Å². The van der Waals surface area contributed by atoms with Gasteiger partial charge in [-0.1, -0.05) is 13.8 Å². The van der Waals surface area contributed by atoms with E-state index >= 15 is 0 Å². The van der Waals surface area contributed by atoms with E-state index in [1.54, 1.807) is 25.4 Å². The van der Waals surface area contributed by atoms with Gasteiger partial charge in [0.25, 0.3) is 11.5 Å². The topological polar surface area (TPSA) is 64.0 Å². The van der Waals surface area contributed by atoms with Crippen LogP contribution in [0.2, 0.25) is 0 Å². The summed E-state index contributed by atoms with van der Waals surface area (Å²) in [6.45, 7) is 4.75. The van der Waals surface area contributed by atoms with E-state index in [0.717, 1.165) is 11.8 Å². The summed E-state index contributed by atoms with van der Waals surface area (Å²) in [5.41, 5.74) is 0.422.